The molecule has 3 aliphatic heterocycles. The molecule has 186 valence electrons. The summed E-state index contributed by atoms with van der Waals surface area (Å²) in [7, 11) is 0. The maximum atomic E-state index is 13.6. The van der Waals surface area contributed by atoms with Crippen molar-refractivity contribution >= 4 is 34.6 Å². The first-order valence-corrected chi connectivity index (χ1v) is 13.4. The Labute approximate surface area is 215 Å². The van der Waals surface area contributed by atoms with E-state index in [9.17, 15) is 14.4 Å². The molecule has 3 saturated heterocycles. The van der Waals surface area contributed by atoms with Crippen molar-refractivity contribution in [3.8, 4) is 0 Å². The number of Topliss-reactive ketones (excluding diaryl/α,β-unsaturated/α-hetero) is 2. The smallest absolute Gasteiger partial charge is 0.333 e. The van der Waals surface area contributed by atoms with Crippen LogP contribution in [0.4, 0.5) is 5.69 Å². The van der Waals surface area contributed by atoms with Gasteiger partial charge in [0.25, 0.3) is 0 Å². The van der Waals surface area contributed by atoms with Gasteiger partial charge in [-0.15, -0.1) is 11.3 Å². The van der Waals surface area contributed by atoms with Crippen molar-refractivity contribution in [1.29, 1.82) is 0 Å². The summed E-state index contributed by atoms with van der Waals surface area (Å²) in [5.74, 6) is 0.0537. The van der Waals surface area contributed by atoms with Crippen LogP contribution < -0.4 is 5.32 Å². The number of piperidine rings is 3. The number of ketones is 2. The quantitative estimate of drug-likeness (QED) is 0.249. The number of nitrogens with one attached hydrogen (secondary N) is 1. The summed E-state index contributed by atoms with van der Waals surface area (Å²) in [5.41, 5.74) is 2.16. The van der Waals surface area contributed by atoms with Crippen LogP contribution in [0, 0.1) is 5.92 Å². The number of carbonyl (C=O) groups is 3. The lowest BCUT2D eigenvalue weighted by Crippen LogP contribution is -2.65. The fraction of sp³-hybridized carbons (Fsp3) is 0.345. The molecule has 0 amide bonds. The van der Waals surface area contributed by atoms with Crippen molar-refractivity contribution in [3.63, 3.8) is 0 Å². The minimum Gasteiger partial charge on any atom is -0.454 e. The van der Waals surface area contributed by atoms with Gasteiger partial charge in [0.15, 0.2) is 17.9 Å². The van der Waals surface area contributed by atoms with Gasteiger partial charge in [0, 0.05) is 31.2 Å². The summed E-state index contributed by atoms with van der Waals surface area (Å²) in [4.78, 5) is 39.3. The number of benzene rings is 2. The number of nitrogens with zero attached hydrogens (tertiary/aromatic N) is 1. The Hall–Kier alpha value is -3.29. The summed E-state index contributed by atoms with van der Waals surface area (Å²) >= 11 is 1.36. The van der Waals surface area contributed by atoms with Crippen molar-refractivity contribution in [3.05, 3.63) is 88.1 Å². The van der Waals surface area contributed by atoms with E-state index < -0.39 is 6.04 Å². The Morgan fingerprint density at radius 1 is 1.00 bits per heavy atom. The Kier molecular flexibility index (Phi) is 7.03. The molecule has 0 spiro atoms. The highest BCUT2D eigenvalue weighted by Gasteiger charge is 2.49. The van der Waals surface area contributed by atoms with Gasteiger partial charge in [-0.05, 0) is 17.0 Å². The summed E-state index contributed by atoms with van der Waals surface area (Å²) in [5, 5.41) is 5.12. The number of carbonyl (C=O) groups excluding carboxylic acids is 3. The van der Waals surface area contributed by atoms with Crippen LogP contribution in [0.5, 0.6) is 0 Å². The number of rotatable bonds is 9. The summed E-state index contributed by atoms with van der Waals surface area (Å²) in [6, 6.07) is 20.0. The molecule has 3 fully saturated rings. The highest BCUT2D eigenvalue weighted by atomic mass is 32.1. The Balaban J connectivity index is 1.33. The molecule has 36 heavy (non-hydrogen) atoms. The summed E-state index contributed by atoms with van der Waals surface area (Å²) in [6.07, 6.45) is 1.66. The topological polar surface area (TPSA) is 72.5 Å². The molecule has 6 rings (SSSR count). The van der Waals surface area contributed by atoms with Crippen LogP contribution in [0.25, 0.3) is 0 Å². The normalized spacial score (nSPS) is 23.6. The molecular formula is C29H31N2O4S+. The minimum absolute atomic E-state index is 0.0420. The average molecular weight is 504 g/mol. The number of anilines is 1. The van der Waals surface area contributed by atoms with E-state index in [1.807, 2.05) is 72.1 Å². The first-order chi connectivity index (χ1) is 17.4. The van der Waals surface area contributed by atoms with Crippen molar-refractivity contribution < 1.29 is 23.6 Å². The van der Waals surface area contributed by atoms with Crippen LogP contribution in [0.3, 0.4) is 0 Å². The highest BCUT2D eigenvalue weighted by molar-refractivity contribution is 7.12. The Morgan fingerprint density at radius 3 is 2.33 bits per heavy atom. The fourth-order valence-electron chi connectivity index (χ4n) is 5.59. The number of thiophene rings is 1. The fourth-order valence-corrected chi connectivity index (χ4v) is 6.35. The molecule has 1 N–H and O–H groups in total. The Morgan fingerprint density at radius 2 is 1.67 bits per heavy atom. The number of hydrogen-bond donors (Lipinski definition) is 1. The third kappa shape index (κ3) is 5.13. The van der Waals surface area contributed by atoms with Crippen LogP contribution in [-0.2, 0) is 9.53 Å². The number of ether oxygens (including phenoxy) is 1. The SMILES string of the molecule is CC(=O)c1sccc1NC(C(=O)O[C@H]1C[N+]2(CC(=O)c3ccccc3)CCC1CC2)c1ccccc1. The van der Waals surface area contributed by atoms with E-state index in [0.29, 0.717) is 34.1 Å². The third-order valence-electron chi connectivity index (χ3n) is 7.54. The minimum atomic E-state index is -0.728. The lowest BCUT2D eigenvalue weighted by molar-refractivity contribution is -0.938. The highest BCUT2D eigenvalue weighted by Crippen LogP contribution is 2.37. The van der Waals surface area contributed by atoms with Crippen molar-refractivity contribution in [2.24, 2.45) is 5.92 Å². The molecule has 3 aliphatic rings. The average Bonchev–Trinajstić information content (AvgIpc) is 3.37. The van der Waals surface area contributed by atoms with Crippen LogP contribution in [0.1, 0.15) is 51.4 Å². The zero-order valence-electron chi connectivity index (χ0n) is 20.4. The second kappa shape index (κ2) is 10.4. The van der Waals surface area contributed by atoms with E-state index in [0.717, 1.165) is 37.1 Å². The van der Waals surface area contributed by atoms with Gasteiger partial charge in [0.1, 0.15) is 13.1 Å². The van der Waals surface area contributed by atoms with Gasteiger partial charge < -0.3 is 14.5 Å². The second-order valence-corrected chi connectivity index (χ2v) is 10.9. The zero-order valence-corrected chi connectivity index (χ0v) is 21.2. The first-order valence-electron chi connectivity index (χ1n) is 12.5. The van der Waals surface area contributed by atoms with Crippen LogP contribution in [0.15, 0.2) is 72.1 Å². The molecule has 1 unspecified atom stereocenters. The van der Waals surface area contributed by atoms with Crippen LogP contribution in [-0.4, -0.2) is 54.3 Å². The summed E-state index contributed by atoms with van der Waals surface area (Å²) in [6.45, 7) is 4.50. The lowest BCUT2D eigenvalue weighted by Gasteiger charge is -2.51. The van der Waals surface area contributed by atoms with Gasteiger partial charge in [-0.25, -0.2) is 4.79 Å². The standard InChI is InChI=1S/C29H30N2O4S/c1-20(32)28-24(14-17-36-28)30-27(23-10-6-3-7-11-23)29(34)35-26-19-31(15-12-22(26)13-16-31)18-25(33)21-8-4-2-5-9-21/h2-11,14,17,22,26-27H,12-13,15-16,18-19H2,1H3/p+1/t22?,26-,27?,31?/m0/s1. The van der Waals surface area contributed by atoms with Crippen LogP contribution in [0.2, 0.25) is 0 Å². The molecule has 6 nitrogen and oxygen atoms in total. The molecule has 4 heterocycles. The maximum Gasteiger partial charge on any atom is 0.333 e. The van der Waals surface area contributed by atoms with Gasteiger partial charge in [0.05, 0.1) is 23.7 Å². The van der Waals surface area contributed by atoms with E-state index in [2.05, 4.69) is 5.32 Å². The van der Waals surface area contributed by atoms with E-state index in [4.69, 9.17) is 4.74 Å². The van der Waals surface area contributed by atoms with E-state index >= 15 is 0 Å². The van der Waals surface area contributed by atoms with Crippen molar-refractivity contribution in [2.45, 2.75) is 31.9 Å². The van der Waals surface area contributed by atoms with Crippen molar-refractivity contribution in [1.82, 2.24) is 0 Å². The van der Waals surface area contributed by atoms with Gasteiger partial charge in [-0.2, -0.15) is 0 Å². The first kappa shape index (κ1) is 24.4. The van der Waals surface area contributed by atoms with Gasteiger partial charge in [-0.1, -0.05) is 60.7 Å². The molecule has 3 aromatic rings. The molecule has 0 radical (unpaired) electrons. The molecule has 0 saturated carbocycles. The van der Waals surface area contributed by atoms with Crippen molar-refractivity contribution in [2.75, 3.05) is 31.5 Å². The molecular weight excluding hydrogens is 472 g/mol. The lowest BCUT2D eigenvalue weighted by atomic mass is 9.82. The van der Waals surface area contributed by atoms with Gasteiger partial charge >= 0.3 is 5.97 Å². The third-order valence-corrected chi connectivity index (χ3v) is 8.55. The largest absolute Gasteiger partial charge is 0.454 e. The number of hydrogen-bond acceptors (Lipinski definition) is 6. The van der Waals surface area contributed by atoms with E-state index in [-0.39, 0.29) is 23.6 Å². The predicted molar refractivity (Wildman–Crippen MR) is 140 cm³/mol. The monoisotopic (exact) mass is 503 g/mol. The maximum absolute atomic E-state index is 13.6. The van der Waals surface area contributed by atoms with Crippen LogP contribution >= 0.6 is 11.3 Å². The number of quaternary nitrogens is 1. The number of esters is 1. The van der Waals surface area contributed by atoms with E-state index in [1.54, 1.807) is 0 Å². The Bertz CT molecular complexity index is 1230. The summed E-state index contributed by atoms with van der Waals surface area (Å²) < 4.78 is 6.86. The molecule has 7 heteroatoms. The zero-order chi connectivity index (χ0) is 25.1. The van der Waals surface area contributed by atoms with E-state index in [1.165, 1.54) is 18.3 Å². The van der Waals surface area contributed by atoms with Gasteiger partial charge in [-0.3, -0.25) is 9.59 Å². The molecule has 2 bridgehead atoms. The molecule has 2 atom stereocenters. The second-order valence-electron chi connectivity index (χ2n) is 9.94. The molecule has 2 aromatic carbocycles. The molecule has 1 aromatic heterocycles. The number of fused-ring (bicyclic) bond motifs is 3. The van der Waals surface area contributed by atoms with Gasteiger partial charge in [0.2, 0.25) is 5.78 Å². The predicted octanol–water partition coefficient (Wildman–Crippen LogP) is 5.14. The molecule has 0 aliphatic carbocycles.